The second-order valence-electron chi connectivity index (χ2n) is 5.92. The van der Waals surface area contributed by atoms with Gasteiger partial charge in [0.2, 0.25) is 5.88 Å². The topological polar surface area (TPSA) is 81.9 Å². The molecule has 1 amide bonds. The van der Waals surface area contributed by atoms with Gasteiger partial charge in [0.1, 0.15) is 5.75 Å². The Labute approximate surface area is 161 Å². The number of nitrogens with zero attached hydrogens (tertiary/aromatic N) is 4. The van der Waals surface area contributed by atoms with Crippen LogP contribution in [0.5, 0.6) is 11.6 Å². The molecule has 0 saturated carbocycles. The molecule has 1 N–H and O–H groups in total. The third kappa shape index (κ3) is 4.04. The molecule has 3 aromatic heterocycles. The van der Waals surface area contributed by atoms with Gasteiger partial charge in [0.25, 0.3) is 5.91 Å². The van der Waals surface area contributed by atoms with Crippen LogP contribution in [-0.2, 0) is 6.54 Å². The second kappa shape index (κ2) is 8.13. The molecular weight excluding hydrogens is 354 g/mol. The summed E-state index contributed by atoms with van der Waals surface area (Å²) in [6.07, 6.45) is 6.67. The van der Waals surface area contributed by atoms with Crippen molar-refractivity contribution in [3.05, 3.63) is 96.6 Å². The van der Waals surface area contributed by atoms with E-state index >= 15 is 0 Å². The Hall–Kier alpha value is -4.00. The fourth-order valence-corrected chi connectivity index (χ4v) is 2.63. The molecule has 1 aromatic carbocycles. The number of aromatic nitrogens is 4. The lowest BCUT2D eigenvalue weighted by Crippen LogP contribution is -2.24. The van der Waals surface area contributed by atoms with Crippen LogP contribution in [0.4, 0.5) is 0 Å². The number of carbonyl (C=O) groups is 1. The summed E-state index contributed by atoms with van der Waals surface area (Å²) < 4.78 is 7.30. The quantitative estimate of drug-likeness (QED) is 0.562. The highest BCUT2D eigenvalue weighted by Crippen LogP contribution is 2.18. The molecule has 7 nitrogen and oxygen atoms in total. The summed E-state index contributed by atoms with van der Waals surface area (Å²) in [5, 5.41) is 7.08. The lowest BCUT2D eigenvalue weighted by Gasteiger charge is -2.10. The molecular formula is C21H17N5O2. The average molecular weight is 371 g/mol. The fraction of sp³-hybridized carbons (Fsp3) is 0.0476. The van der Waals surface area contributed by atoms with Crippen molar-refractivity contribution >= 4 is 5.91 Å². The first-order valence-electron chi connectivity index (χ1n) is 8.71. The number of hydrogen-bond donors (Lipinski definition) is 1. The zero-order valence-electron chi connectivity index (χ0n) is 14.9. The summed E-state index contributed by atoms with van der Waals surface area (Å²) in [6.45, 7) is 0.324. The zero-order chi connectivity index (χ0) is 19.2. The summed E-state index contributed by atoms with van der Waals surface area (Å²) in [5.74, 6) is 1.57. The first-order valence-corrected chi connectivity index (χ1v) is 8.71. The molecule has 28 heavy (non-hydrogen) atoms. The van der Waals surface area contributed by atoms with E-state index in [0.29, 0.717) is 29.6 Å². The lowest BCUT2D eigenvalue weighted by molar-refractivity contribution is 0.0950. The number of ether oxygens (including phenoxy) is 1. The van der Waals surface area contributed by atoms with Crippen LogP contribution in [0.3, 0.4) is 0 Å². The van der Waals surface area contributed by atoms with Crippen molar-refractivity contribution in [3.63, 3.8) is 0 Å². The fourth-order valence-electron chi connectivity index (χ4n) is 2.63. The van der Waals surface area contributed by atoms with E-state index < -0.39 is 0 Å². The van der Waals surface area contributed by atoms with Gasteiger partial charge in [0.05, 0.1) is 5.56 Å². The maximum Gasteiger partial charge on any atom is 0.253 e. The van der Waals surface area contributed by atoms with E-state index in [4.69, 9.17) is 4.74 Å². The van der Waals surface area contributed by atoms with Gasteiger partial charge in [-0.25, -0.2) is 14.6 Å². The van der Waals surface area contributed by atoms with Gasteiger partial charge in [0.15, 0.2) is 5.82 Å². The van der Waals surface area contributed by atoms with Gasteiger partial charge >= 0.3 is 0 Å². The molecule has 4 aromatic rings. The van der Waals surface area contributed by atoms with Crippen LogP contribution in [0, 0.1) is 0 Å². The van der Waals surface area contributed by atoms with Gasteiger partial charge in [-0.2, -0.15) is 5.10 Å². The van der Waals surface area contributed by atoms with Crippen LogP contribution in [0.1, 0.15) is 15.9 Å². The molecule has 0 aliphatic rings. The van der Waals surface area contributed by atoms with Gasteiger partial charge in [0, 0.05) is 43.0 Å². The monoisotopic (exact) mass is 371 g/mol. The minimum absolute atomic E-state index is 0.228. The Morgan fingerprint density at radius 3 is 2.61 bits per heavy atom. The number of para-hydroxylation sites is 1. The van der Waals surface area contributed by atoms with E-state index in [9.17, 15) is 4.79 Å². The van der Waals surface area contributed by atoms with E-state index in [1.807, 2.05) is 54.7 Å². The first kappa shape index (κ1) is 17.4. The van der Waals surface area contributed by atoms with Crippen LogP contribution in [-0.4, -0.2) is 25.7 Å². The summed E-state index contributed by atoms with van der Waals surface area (Å²) >= 11 is 0. The first-order chi connectivity index (χ1) is 13.8. The predicted octanol–water partition coefficient (Wildman–Crippen LogP) is 3.38. The summed E-state index contributed by atoms with van der Waals surface area (Å²) in [6, 6.07) is 18.3. The average Bonchev–Trinajstić information content (AvgIpc) is 3.28. The van der Waals surface area contributed by atoms with Gasteiger partial charge in [-0.3, -0.25) is 4.79 Å². The van der Waals surface area contributed by atoms with E-state index in [1.165, 1.54) is 6.20 Å². The van der Waals surface area contributed by atoms with Crippen molar-refractivity contribution in [1.82, 2.24) is 25.1 Å². The van der Waals surface area contributed by atoms with Crippen molar-refractivity contribution in [3.8, 4) is 17.4 Å². The zero-order valence-corrected chi connectivity index (χ0v) is 14.9. The van der Waals surface area contributed by atoms with Crippen LogP contribution in [0.25, 0.3) is 5.82 Å². The van der Waals surface area contributed by atoms with Crippen LogP contribution >= 0.6 is 0 Å². The number of nitrogens with one attached hydrogen (secondary N) is 1. The number of benzene rings is 1. The number of rotatable bonds is 6. The largest absolute Gasteiger partial charge is 0.439 e. The van der Waals surface area contributed by atoms with Crippen LogP contribution in [0.15, 0.2) is 85.5 Å². The molecule has 0 spiro atoms. The highest BCUT2D eigenvalue weighted by atomic mass is 16.5. The molecule has 7 heteroatoms. The summed E-state index contributed by atoms with van der Waals surface area (Å²) in [5.41, 5.74) is 1.31. The van der Waals surface area contributed by atoms with E-state index in [1.54, 1.807) is 29.2 Å². The number of amides is 1. The molecule has 138 valence electrons. The third-order valence-electron chi connectivity index (χ3n) is 3.99. The Morgan fingerprint density at radius 1 is 0.964 bits per heavy atom. The minimum atomic E-state index is -0.228. The Bertz CT molecular complexity index is 1050. The molecule has 0 aliphatic carbocycles. The van der Waals surface area contributed by atoms with Crippen molar-refractivity contribution < 1.29 is 9.53 Å². The van der Waals surface area contributed by atoms with E-state index in [0.717, 1.165) is 5.56 Å². The maximum absolute atomic E-state index is 12.5. The number of carbonyl (C=O) groups excluding carboxylic acids is 1. The van der Waals surface area contributed by atoms with Gasteiger partial charge in [-0.05, 0) is 30.3 Å². The molecule has 0 radical (unpaired) electrons. The van der Waals surface area contributed by atoms with Gasteiger partial charge in [-0.15, -0.1) is 0 Å². The lowest BCUT2D eigenvalue weighted by atomic mass is 10.2. The highest BCUT2D eigenvalue weighted by molar-refractivity contribution is 5.93. The predicted molar refractivity (Wildman–Crippen MR) is 103 cm³/mol. The van der Waals surface area contributed by atoms with E-state index in [-0.39, 0.29) is 5.91 Å². The molecule has 0 unspecified atom stereocenters. The molecule has 0 fully saturated rings. The SMILES string of the molecule is O=C(NCc1cccnc1-n1cccn1)c1ccc(Oc2ccccc2)nc1. The van der Waals surface area contributed by atoms with Crippen molar-refractivity contribution in [2.75, 3.05) is 0 Å². The minimum Gasteiger partial charge on any atom is -0.439 e. The van der Waals surface area contributed by atoms with Gasteiger partial charge in [-0.1, -0.05) is 24.3 Å². The molecule has 3 heterocycles. The van der Waals surface area contributed by atoms with Crippen LogP contribution < -0.4 is 10.1 Å². The second-order valence-corrected chi connectivity index (χ2v) is 5.92. The molecule has 0 bridgehead atoms. The number of hydrogen-bond acceptors (Lipinski definition) is 5. The molecule has 0 saturated heterocycles. The Balaban J connectivity index is 1.41. The van der Waals surface area contributed by atoms with Crippen molar-refractivity contribution in [2.45, 2.75) is 6.54 Å². The molecule has 0 atom stereocenters. The highest BCUT2D eigenvalue weighted by Gasteiger charge is 2.10. The summed E-state index contributed by atoms with van der Waals surface area (Å²) in [4.78, 5) is 21.0. The molecule has 4 rings (SSSR count). The third-order valence-corrected chi connectivity index (χ3v) is 3.99. The van der Waals surface area contributed by atoms with Crippen molar-refractivity contribution in [2.24, 2.45) is 0 Å². The summed E-state index contributed by atoms with van der Waals surface area (Å²) in [7, 11) is 0. The van der Waals surface area contributed by atoms with Gasteiger partial charge < -0.3 is 10.1 Å². The van der Waals surface area contributed by atoms with E-state index in [2.05, 4.69) is 20.4 Å². The molecule has 0 aliphatic heterocycles. The Morgan fingerprint density at radius 2 is 1.86 bits per heavy atom. The Kier molecular flexibility index (Phi) is 5.06. The standard InChI is InChI=1S/C21H17N5O2/c27-21(17-9-10-19(23-15-17)28-18-7-2-1-3-8-18)24-14-16-6-4-11-22-20(16)26-13-5-12-25-26/h1-13,15H,14H2,(H,24,27). The van der Waals surface area contributed by atoms with Crippen LogP contribution in [0.2, 0.25) is 0 Å². The van der Waals surface area contributed by atoms with Crippen molar-refractivity contribution in [1.29, 1.82) is 0 Å². The maximum atomic E-state index is 12.5. The smallest absolute Gasteiger partial charge is 0.253 e. The number of pyridine rings is 2. The normalized spacial score (nSPS) is 10.4.